The van der Waals surface area contributed by atoms with Crippen molar-refractivity contribution in [1.29, 1.82) is 0 Å². The number of aliphatic hydroxyl groups is 4. The normalized spacial score (nSPS) is 13.8. The van der Waals surface area contributed by atoms with Crippen LogP contribution >= 0.6 is 14.7 Å². The summed E-state index contributed by atoms with van der Waals surface area (Å²) in [5.74, 6) is -0.696. The topological polar surface area (TPSA) is 202 Å². The SMILES string of the molecule is CCCCCCCCCCCCCCCC(=O)CC(CO)OP(=O)(C(=O)CCCCCCCCCCCCCCC)C(O)(O)P(=O)(OC(CO)CC(=O)CCCCCCCCCCCCCCC)C(=O)CCCCCCCCCCCCCCC.[H-].[H-].[Na+].[Na+]. The van der Waals surface area contributed by atoms with E-state index in [0.717, 1.165) is 103 Å². The average Bonchev–Trinajstić information content (AvgIpc) is 0.823. The fourth-order valence-electron chi connectivity index (χ4n) is 11.7. The maximum atomic E-state index is 15.5. The molecular formula is C71H140Na2O12P2. The number of Topliss-reactive ketones (excluding diaryl/α,β-unsaturated/α-hetero) is 2. The molecule has 12 nitrogen and oxygen atoms in total. The summed E-state index contributed by atoms with van der Waals surface area (Å²) in [4.78, 5) is 55.9. The Kier molecular flexibility index (Phi) is 69.4. The third-order valence-electron chi connectivity index (χ3n) is 17.5. The second kappa shape index (κ2) is 65.6. The van der Waals surface area contributed by atoms with Gasteiger partial charge in [0.2, 0.25) is 11.0 Å². The summed E-state index contributed by atoms with van der Waals surface area (Å²) in [5, 5.41) is 41.7. The standard InChI is InChI=1S/C71H138O12P2.2Na.2H/c1-5-9-13-17-21-25-29-33-37-41-45-49-53-57-65(74)61-67(63-72)82-84(80,69(76)59-55-51-47-43-39-35-31-27-23-19-15-11-7-3)71(78,79)85(81,70(77)60-56-52-48-44-40-36-32-28-24-20-16-12-8-4)83-68(64-73)62-66(75)58-54-50-46-42-38-34-30-26-22-18-14-10-6-2;;;;/h67-68,72-73,78-79H,5-64H2,1-4H3;;;;/q;2*+1;2*-1. The molecule has 0 amide bonds. The molecule has 0 spiro atoms. The number of aliphatic hydroxyl groups excluding tert-OH is 2. The summed E-state index contributed by atoms with van der Waals surface area (Å²) in [5.41, 5.74) is -2.58. The van der Waals surface area contributed by atoms with Crippen LogP contribution in [0.5, 0.6) is 0 Å². The minimum atomic E-state index is -5.79. The molecular weight excluding hydrogens is 1150 g/mol. The van der Waals surface area contributed by atoms with Crippen LogP contribution in [0.3, 0.4) is 0 Å². The van der Waals surface area contributed by atoms with E-state index in [4.69, 9.17) is 9.05 Å². The van der Waals surface area contributed by atoms with E-state index in [1.807, 2.05) is 0 Å². The van der Waals surface area contributed by atoms with Gasteiger partial charge in [-0.15, -0.1) is 0 Å². The summed E-state index contributed by atoms with van der Waals surface area (Å²) in [6.45, 7) is 7.03. The quantitative estimate of drug-likeness (QED) is 0.0195. The van der Waals surface area contributed by atoms with Gasteiger partial charge in [-0.3, -0.25) is 28.3 Å². The number of carbonyl (C=O) groups is 4. The molecule has 4 N–H and O–H groups in total. The van der Waals surface area contributed by atoms with Crippen LogP contribution in [-0.2, 0) is 37.4 Å². The van der Waals surface area contributed by atoms with E-state index in [0.29, 0.717) is 25.7 Å². The Morgan fingerprint density at radius 1 is 0.310 bits per heavy atom. The van der Waals surface area contributed by atoms with E-state index in [-0.39, 0.29) is 99.2 Å². The predicted octanol–water partition coefficient (Wildman–Crippen LogP) is 16.0. The number of hydrogen-bond acceptors (Lipinski definition) is 12. The molecule has 0 aromatic rings. The Hall–Kier alpha value is 0.900. The van der Waals surface area contributed by atoms with Crippen molar-refractivity contribution in [1.82, 2.24) is 0 Å². The molecule has 0 heterocycles. The van der Waals surface area contributed by atoms with Gasteiger partial charge in [-0.25, -0.2) is 0 Å². The van der Waals surface area contributed by atoms with Crippen molar-refractivity contribution < 1.29 is 120 Å². The van der Waals surface area contributed by atoms with Gasteiger partial charge in [0.25, 0.3) is 0 Å². The van der Waals surface area contributed by atoms with Crippen molar-refractivity contribution in [3.8, 4) is 0 Å². The van der Waals surface area contributed by atoms with Crippen LogP contribution in [0.2, 0.25) is 0 Å². The molecule has 0 aromatic heterocycles. The van der Waals surface area contributed by atoms with Gasteiger partial charge in [0.1, 0.15) is 11.6 Å². The first kappa shape index (κ1) is 92.1. The molecule has 0 rings (SSSR count). The van der Waals surface area contributed by atoms with Crippen LogP contribution in [0, 0.1) is 0 Å². The number of rotatable bonds is 70. The first-order chi connectivity index (χ1) is 41.2. The van der Waals surface area contributed by atoms with Crippen LogP contribution in [0.25, 0.3) is 0 Å². The van der Waals surface area contributed by atoms with Gasteiger partial charge in [-0.2, -0.15) is 0 Å². The summed E-state index contributed by atoms with van der Waals surface area (Å²) in [6.07, 6.45) is 50.9. The fraction of sp³-hybridized carbons (Fsp3) is 0.944. The second-order valence-electron chi connectivity index (χ2n) is 25.8. The van der Waals surface area contributed by atoms with Gasteiger partial charge in [-0.05, 0) is 25.7 Å². The fourth-order valence-corrected chi connectivity index (χ4v) is 17.3. The van der Waals surface area contributed by atoms with Crippen molar-refractivity contribution in [3.63, 3.8) is 0 Å². The Bertz CT molecular complexity index is 1570. The van der Waals surface area contributed by atoms with E-state index in [1.54, 1.807) is 0 Å². The zero-order chi connectivity index (χ0) is 62.8. The van der Waals surface area contributed by atoms with Crippen molar-refractivity contribution in [2.75, 3.05) is 13.2 Å². The van der Waals surface area contributed by atoms with Crippen LogP contribution in [0.15, 0.2) is 0 Å². The predicted molar refractivity (Wildman–Crippen MR) is 359 cm³/mol. The third-order valence-corrected chi connectivity index (χ3v) is 23.6. The summed E-state index contributed by atoms with van der Waals surface area (Å²) >= 11 is 0. The molecule has 0 saturated heterocycles. The average molecular weight is 1290 g/mol. The van der Waals surface area contributed by atoms with Gasteiger partial charge < -0.3 is 32.3 Å². The number of carbonyl (C=O) groups excluding carboxylic acids is 4. The molecule has 4 unspecified atom stereocenters. The van der Waals surface area contributed by atoms with Gasteiger partial charge in [0.15, 0.2) is 0 Å². The summed E-state index contributed by atoms with van der Waals surface area (Å²) < 4.78 is 42.6. The van der Waals surface area contributed by atoms with Gasteiger partial charge in [0.05, 0.1) is 25.4 Å². The summed E-state index contributed by atoms with van der Waals surface area (Å²) in [6, 6.07) is 0. The molecule has 0 bridgehead atoms. The molecule has 0 radical (unpaired) electrons. The molecule has 87 heavy (non-hydrogen) atoms. The monoisotopic (exact) mass is 1290 g/mol. The van der Waals surface area contributed by atoms with Crippen molar-refractivity contribution in [2.24, 2.45) is 0 Å². The maximum Gasteiger partial charge on any atom is 1.00 e. The largest absolute Gasteiger partial charge is 1.00 e. The third kappa shape index (κ3) is 49.1. The van der Waals surface area contributed by atoms with E-state index < -0.39 is 82.2 Å². The zero-order valence-electron chi connectivity index (χ0n) is 60.0. The van der Waals surface area contributed by atoms with Gasteiger partial charge in [-0.1, -0.05) is 336 Å². The molecule has 0 fully saturated rings. The first-order valence-corrected chi connectivity index (χ1v) is 39.8. The van der Waals surface area contributed by atoms with Crippen LogP contribution in [-0.4, -0.2) is 73.7 Å². The summed E-state index contributed by atoms with van der Waals surface area (Å²) in [7, 11) is -11.6. The van der Waals surface area contributed by atoms with Crippen molar-refractivity contribution >= 4 is 37.4 Å². The van der Waals surface area contributed by atoms with E-state index in [2.05, 4.69) is 27.7 Å². The molecule has 0 saturated carbocycles. The van der Waals surface area contributed by atoms with Crippen LogP contribution in [0.4, 0.5) is 0 Å². The zero-order valence-corrected chi connectivity index (χ0v) is 63.8. The minimum Gasteiger partial charge on any atom is -1.00 e. The van der Waals surface area contributed by atoms with E-state index in [1.165, 1.54) is 193 Å². The molecule has 0 aromatic carbocycles. The Labute approximate surface area is 583 Å². The molecule has 508 valence electrons. The maximum absolute atomic E-state index is 15.5. The van der Waals surface area contributed by atoms with Gasteiger partial charge in [0, 0.05) is 38.5 Å². The second-order valence-corrected chi connectivity index (χ2v) is 31.0. The number of ketones is 2. The van der Waals surface area contributed by atoms with E-state index in [9.17, 15) is 39.6 Å². The molecule has 16 heteroatoms. The number of hydrogen-bond donors (Lipinski definition) is 4. The Balaban J connectivity index is -0.00000588. The Morgan fingerprint density at radius 3 is 0.644 bits per heavy atom. The molecule has 0 aliphatic heterocycles. The first-order valence-electron chi connectivity index (χ1n) is 36.6. The van der Waals surface area contributed by atoms with Crippen LogP contribution in [0.1, 0.15) is 403 Å². The van der Waals surface area contributed by atoms with Crippen LogP contribution < -0.4 is 59.1 Å². The van der Waals surface area contributed by atoms with E-state index >= 15 is 9.13 Å². The van der Waals surface area contributed by atoms with Crippen molar-refractivity contribution in [2.45, 2.75) is 418 Å². The molecule has 0 aliphatic rings. The number of unbranched alkanes of at least 4 members (excludes halogenated alkanes) is 48. The smallest absolute Gasteiger partial charge is 1.00 e. The molecule has 4 atom stereocenters. The van der Waals surface area contributed by atoms with Crippen molar-refractivity contribution in [3.05, 3.63) is 0 Å². The molecule has 0 aliphatic carbocycles. The minimum absolute atomic E-state index is 0. The van der Waals surface area contributed by atoms with Gasteiger partial charge >= 0.3 is 79.1 Å². The Morgan fingerprint density at radius 2 is 0.471 bits per heavy atom.